The fourth-order valence-electron chi connectivity index (χ4n) is 2.91. The monoisotopic (exact) mass is 458 g/mol. The third kappa shape index (κ3) is 5.79. The number of hydrogen-bond donors (Lipinski definition) is 0. The molecule has 3 N–H and O–H groups in total. The Morgan fingerprint density at radius 3 is 2.16 bits per heavy atom. The molecule has 0 amide bonds. The molecule has 0 bridgehead atoms. The molecule has 2 saturated heterocycles. The number of ether oxygens (including phenoxy) is 1. The van der Waals surface area contributed by atoms with Crippen molar-refractivity contribution >= 4 is 19.6 Å². The topological polar surface area (TPSA) is 135 Å². The Balaban J connectivity index is 0.00000171. The minimum atomic E-state index is -3.03. The van der Waals surface area contributed by atoms with Gasteiger partial charge in [0.25, 0.3) is 0 Å². The van der Waals surface area contributed by atoms with Crippen molar-refractivity contribution in [1.82, 2.24) is 9.34 Å². The maximum atomic E-state index is 13.2. The summed E-state index contributed by atoms with van der Waals surface area (Å²) in [7, 11) is -3.03. The summed E-state index contributed by atoms with van der Waals surface area (Å²) in [5.74, 6) is 0.385. The van der Waals surface area contributed by atoms with Gasteiger partial charge in [-0.1, -0.05) is 12.1 Å². The van der Waals surface area contributed by atoms with Crippen LogP contribution in [0.2, 0.25) is 0 Å². The maximum absolute atomic E-state index is 13.2. The average Bonchev–Trinajstić information content (AvgIpc) is 3.59. The Bertz CT molecular complexity index is 980. The molecule has 2 heterocycles. The second kappa shape index (κ2) is 10.3. The zero-order chi connectivity index (χ0) is 20.6. The minimum Gasteiger partial charge on any atom is -0.457 e. The Labute approximate surface area is 201 Å². The first-order valence-electron chi connectivity index (χ1n) is 9.14. The van der Waals surface area contributed by atoms with Crippen LogP contribution in [0.5, 0.6) is 11.5 Å². The number of hydrogen-bond acceptors (Lipinski definition) is 6. The van der Waals surface area contributed by atoms with Crippen LogP contribution in [-0.2, 0) is 19.4 Å². The van der Waals surface area contributed by atoms with Crippen LogP contribution < -0.4 is 34.3 Å². The van der Waals surface area contributed by atoms with Gasteiger partial charge in [0, 0.05) is 32.2 Å². The van der Waals surface area contributed by atoms with Crippen LogP contribution >= 0.6 is 7.67 Å². The molecule has 10 nitrogen and oxygen atoms in total. The third-order valence-electron chi connectivity index (χ3n) is 4.71. The number of nitro benzene ring substituents is 1. The maximum Gasteiger partial charge on any atom is 1.00 e. The Morgan fingerprint density at radius 2 is 1.68 bits per heavy atom. The van der Waals surface area contributed by atoms with E-state index in [0.717, 1.165) is 26.2 Å². The zero-order valence-corrected chi connectivity index (χ0v) is 20.2. The van der Waals surface area contributed by atoms with Gasteiger partial charge in [-0.25, -0.2) is 9.34 Å². The van der Waals surface area contributed by atoms with E-state index in [1.165, 1.54) is 36.4 Å². The summed E-state index contributed by atoms with van der Waals surface area (Å²) in [5, 5.41) is 11.4. The first-order chi connectivity index (χ1) is 13.9. The van der Waals surface area contributed by atoms with E-state index in [9.17, 15) is 19.5 Å². The van der Waals surface area contributed by atoms with E-state index < -0.39 is 18.7 Å². The Kier molecular flexibility index (Phi) is 8.54. The number of rotatable bonds is 9. The van der Waals surface area contributed by atoms with Crippen LogP contribution in [0.25, 0.3) is 0 Å². The summed E-state index contributed by atoms with van der Waals surface area (Å²) in [4.78, 5) is 21.5. The molecule has 1 atom stereocenters. The summed E-state index contributed by atoms with van der Waals surface area (Å²) in [6, 6.07) is 10.5. The Morgan fingerprint density at radius 1 is 1.10 bits per heavy atom. The second-order valence-electron chi connectivity index (χ2n) is 6.86. The van der Waals surface area contributed by atoms with Crippen molar-refractivity contribution in [1.29, 1.82) is 0 Å². The van der Waals surface area contributed by atoms with E-state index in [1.54, 1.807) is 19.3 Å². The number of nitrogens with zero attached hydrogens (tertiary/aromatic N) is 3. The van der Waals surface area contributed by atoms with Crippen LogP contribution in [0.15, 0.2) is 42.5 Å². The van der Waals surface area contributed by atoms with E-state index in [1.807, 2.05) is 9.34 Å². The van der Waals surface area contributed by atoms with Crippen LogP contribution in [0.4, 0.5) is 5.69 Å². The molecule has 0 aromatic heterocycles. The van der Waals surface area contributed by atoms with Gasteiger partial charge in [0.15, 0.2) is 0 Å². The van der Waals surface area contributed by atoms with Crippen molar-refractivity contribution in [3.05, 3.63) is 63.7 Å². The van der Waals surface area contributed by atoms with Crippen LogP contribution in [-0.4, -0.2) is 46.7 Å². The predicted molar refractivity (Wildman–Crippen MR) is 110 cm³/mol. The van der Waals surface area contributed by atoms with Gasteiger partial charge in [0.1, 0.15) is 5.75 Å². The molecule has 2 aromatic rings. The molecule has 0 spiro atoms. The summed E-state index contributed by atoms with van der Waals surface area (Å²) < 4.78 is 28.5. The van der Waals surface area contributed by atoms with Crippen molar-refractivity contribution in [3.63, 3.8) is 0 Å². The van der Waals surface area contributed by atoms with Crippen LogP contribution in [0, 0.1) is 10.1 Å². The summed E-state index contributed by atoms with van der Waals surface area (Å²) in [6.07, 6.45) is 1.21. The van der Waals surface area contributed by atoms with Crippen LogP contribution in [0.1, 0.15) is 24.2 Å². The summed E-state index contributed by atoms with van der Waals surface area (Å²) in [6.45, 7) is 4.72. The molecule has 160 valence electrons. The van der Waals surface area contributed by atoms with E-state index in [2.05, 4.69) is 0 Å². The van der Waals surface area contributed by atoms with Gasteiger partial charge in [0.05, 0.1) is 17.3 Å². The van der Waals surface area contributed by atoms with Crippen molar-refractivity contribution in [2.75, 3.05) is 26.2 Å². The Hall–Kier alpha value is -1.62. The third-order valence-corrected chi connectivity index (χ3v) is 7.53. The minimum absolute atomic E-state index is 0. The van der Waals surface area contributed by atoms with Gasteiger partial charge in [0.2, 0.25) is 5.75 Å². The predicted octanol–water partition coefficient (Wildman–Crippen LogP) is -0.256. The average molecular weight is 458 g/mol. The van der Waals surface area contributed by atoms with E-state index in [0.29, 0.717) is 16.9 Å². The van der Waals surface area contributed by atoms with Gasteiger partial charge in [-0.2, -0.15) is 17.7 Å². The van der Waals surface area contributed by atoms with Gasteiger partial charge in [-0.3, -0.25) is 19.2 Å². The molecule has 0 aliphatic carbocycles. The van der Waals surface area contributed by atoms with Crippen LogP contribution in [0.3, 0.4) is 0 Å². The van der Waals surface area contributed by atoms with Crippen molar-refractivity contribution < 1.29 is 58.6 Å². The molecule has 31 heavy (non-hydrogen) atoms. The molecule has 2 aliphatic rings. The smallest absolute Gasteiger partial charge is 0.457 e. The summed E-state index contributed by atoms with van der Waals surface area (Å²) in [5.41, 5.74) is 0.767. The molecule has 2 fully saturated rings. The largest absolute Gasteiger partial charge is 1.00 e. The number of benzene rings is 2. The SMILES string of the molecule is CC(OP(=O)(N1CC1)N1CC1)c1ccc([N+](=O)[O-])c(Oc2ccc([C-]=O)cc2)c1.[Na+].[OH3+]. The molecule has 0 radical (unpaired) electrons. The van der Waals surface area contributed by atoms with E-state index in [-0.39, 0.29) is 46.5 Å². The molecule has 2 aliphatic heterocycles. The molecular formula is C19H22N3NaO7P+. The van der Waals surface area contributed by atoms with Gasteiger partial charge in [-0.05, 0) is 24.6 Å². The molecule has 12 heteroatoms. The number of nitro groups is 1. The second-order valence-corrected chi connectivity index (χ2v) is 9.18. The normalized spacial score (nSPS) is 16.4. The first kappa shape index (κ1) is 25.6. The quantitative estimate of drug-likeness (QED) is 0.0955. The molecule has 2 aromatic carbocycles. The molecule has 4 rings (SSSR count). The first-order valence-corrected chi connectivity index (χ1v) is 10.7. The van der Waals surface area contributed by atoms with Crippen molar-refractivity contribution in [2.45, 2.75) is 13.0 Å². The molecule has 1 unspecified atom stereocenters. The van der Waals surface area contributed by atoms with E-state index in [4.69, 9.17) is 9.26 Å². The standard InChI is InChI=1S/C19H19N3O6P.Na.H2O/c1-14(28-29(26,20-8-9-20)21-10-11-21)16-4-7-18(22(24)25)19(12-16)27-17-5-2-15(13-23)3-6-17;;/h2-7,12,14H,8-11H2,1H3;;1H2/q-1;+1;/p+1. The molecule has 0 saturated carbocycles. The van der Waals surface area contributed by atoms with E-state index >= 15 is 0 Å². The number of carbonyl (C=O) groups excluding carboxylic acids is 1. The van der Waals surface area contributed by atoms with Gasteiger partial charge < -0.3 is 15.0 Å². The van der Waals surface area contributed by atoms with Crippen molar-refractivity contribution in [3.8, 4) is 11.5 Å². The fraction of sp³-hybridized carbons (Fsp3) is 0.316. The summed E-state index contributed by atoms with van der Waals surface area (Å²) >= 11 is 0. The van der Waals surface area contributed by atoms with Crippen molar-refractivity contribution in [2.24, 2.45) is 0 Å². The zero-order valence-electron chi connectivity index (χ0n) is 17.3. The van der Waals surface area contributed by atoms with Gasteiger partial charge >= 0.3 is 42.9 Å². The molecular weight excluding hydrogens is 436 g/mol. The van der Waals surface area contributed by atoms with Gasteiger partial charge in [-0.15, -0.1) is 0 Å². The fourth-order valence-corrected chi connectivity index (χ4v) is 5.26.